The molecule has 0 aliphatic carbocycles. The minimum atomic E-state index is 0.701. The Balaban J connectivity index is 2.00. The largest absolute Gasteiger partial charge is 0.357 e. The van der Waals surface area contributed by atoms with E-state index in [1.54, 1.807) is 0 Å². The fourth-order valence-corrected chi connectivity index (χ4v) is 1.56. The zero-order chi connectivity index (χ0) is 9.80. The molecule has 0 atom stereocenters. The van der Waals surface area contributed by atoms with Gasteiger partial charge in [-0.2, -0.15) is 0 Å². The number of rotatable bonds is 3. The fraction of sp³-hybridized carbons (Fsp3) is 0.273. The first-order valence-corrected chi connectivity index (χ1v) is 4.84. The molecule has 2 rings (SSSR count). The molecule has 0 spiro atoms. The van der Waals surface area contributed by atoms with Gasteiger partial charge in [0.2, 0.25) is 0 Å². The molecular weight excluding hydrogens is 174 g/mol. The number of anilines is 1. The SMILES string of the molecule is NCCN1C=CN(c2ccccc2)C1. The zero-order valence-corrected chi connectivity index (χ0v) is 8.13. The van der Waals surface area contributed by atoms with Gasteiger partial charge in [-0.3, -0.25) is 0 Å². The van der Waals surface area contributed by atoms with Gasteiger partial charge in [-0.1, -0.05) is 18.2 Å². The van der Waals surface area contributed by atoms with Gasteiger partial charge in [-0.05, 0) is 12.1 Å². The number of hydrogen-bond donors (Lipinski definition) is 1. The van der Waals surface area contributed by atoms with Crippen LogP contribution in [0.3, 0.4) is 0 Å². The molecule has 0 saturated carbocycles. The van der Waals surface area contributed by atoms with Gasteiger partial charge in [0.1, 0.15) is 0 Å². The standard InChI is InChI=1S/C11H15N3/c12-6-7-13-8-9-14(10-13)11-4-2-1-3-5-11/h1-5,8-9H,6-7,10,12H2. The molecule has 3 nitrogen and oxygen atoms in total. The minimum Gasteiger partial charge on any atom is -0.357 e. The van der Waals surface area contributed by atoms with Crippen LogP contribution in [0, 0.1) is 0 Å². The second kappa shape index (κ2) is 4.15. The summed E-state index contributed by atoms with van der Waals surface area (Å²) < 4.78 is 0. The molecule has 1 aromatic rings. The molecule has 0 radical (unpaired) electrons. The molecule has 1 heterocycles. The van der Waals surface area contributed by atoms with Crippen molar-refractivity contribution in [2.45, 2.75) is 0 Å². The van der Waals surface area contributed by atoms with Gasteiger partial charge in [0.05, 0.1) is 6.67 Å². The maximum absolute atomic E-state index is 5.50. The summed E-state index contributed by atoms with van der Waals surface area (Å²) in [5.74, 6) is 0. The van der Waals surface area contributed by atoms with E-state index in [9.17, 15) is 0 Å². The molecule has 1 aliphatic rings. The highest BCUT2D eigenvalue weighted by molar-refractivity contribution is 5.49. The average Bonchev–Trinajstić information content (AvgIpc) is 2.68. The van der Waals surface area contributed by atoms with E-state index in [0.717, 1.165) is 13.2 Å². The van der Waals surface area contributed by atoms with Crippen molar-refractivity contribution >= 4 is 5.69 Å². The van der Waals surface area contributed by atoms with Crippen molar-refractivity contribution in [3.8, 4) is 0 Å². The molecule has 0 saturated heterocycles. The smallest absolute Gasteiger partial charge is 0.0942 e. The number of para-hydroxylation sites is 1. The summed E-state index contributed by atoms with van der Waals surface area (Å²) in [4.78, 5) is 4.41. The Morgan fingerprint density at radius 3 is 2.64 bits per heavy atom. The molecule has 3 heteroatoms. The molecule has 14 heavy (non-hydrogen) atoms. The summed E-state index contributed by atoms with van der Waals surface area (Å²) in [6.45, 7) is 2.52. The van der Waals surface area contributed by atoms with E-state index >= 15 is 0 Å². The van der Waals surface area contributed by atoms with Crippen molar-refractivity contribution < 1.29 is 0 Å². The Labute approximate surface area is 84.4 Å². The third-order valence-corrected chi connectivity index (χ3v) is 2.30. The highest BCUT2D eigenvalue weighted by Crippen LogP contribution is 2.17. The highest BCUT2D eigenvalue weighted by Gasteiger charge is 2.11. The average molecular weight is 189 g/mol. The van der Waals surface area contributed by atoms with Gasteiger partial charge in [0.15, 0.2) is 0 Å². The van der Waals surface area contributed by atoms with E-state index in [0.29, 0.717) is 6.54 Å². The molecule has 2 N–H and O–H groups in total. The quantitative estimate of drug-likeness (QED) is 0.775. The van der Waals surface area contributed by atoms with E-state index < -0.39 is 0 Å². The fourth-order valence-electron chi connectivity index (χ4n) is 1.56. The van der Waals surface area contributed by atoms with Crippen molar-refractivity contribution in [3.63, 3.8) is 0 Å². The Morgan fingerprint density at radius 2 is 1.93 bits per heavy atom. The number of nitrogens with two attached hydrogens (primary N) is 1. The summed E-state index contributed by atoms with van der Waals surface area (Å²) in [6.07, 6.45) is 4.17. The van der Waals surface area contributed by atoms with Crippen LogP contribution in [0.2, 0.25) is 0 Å². The molecule has 0 aromatic heterocycles. The van der Waals surface area contributed by atoms with Crippen LogP contribution >= 0.6 is 0 Å². The van der Waals surface area contributed by atoms with Crippen molar-refractivity contribution in [2.75, 3.05) is 24.7 Å². The summed E-state index contributed by atoms with van der Waals surface area (Å²) in [6, 6.07) is 10.3. The number of benzene rings is 1. The van der Waals surface area contributed by atoms with Crippen LogP contribution in [0.5, 0.6) is 0 Å². The summed E-state index contributed by atoms with van der Waals surface area (Å²) in [5.41, 5.74) is 6.72. The lowest BCUT2D eigenvalue weighted by Crippen LogP contribution is -2.29. The molecule has 1 aromatic carbocycles. The molecule has 0 bridgehead atoms. The lowest BCUT2D eigenvalue weighted by molar-refractivity contribution is 0.417. The minimum absolute atomic E-state index is 0.701. The molecule has 1 aliphatic heterocycles. The van der Waals surface area contributed by atoms with Crippen LogP contribution in [-0.4, -0.2) is 24.7 Å². The first-order chi connectivity index (χ1) is 6.90. The molecule has 74 valence electrons. The lowest BCUT2D eigenvalue weighted by Gasteiger charge is -2.20. The molecule has 0 amide bonds. The van der Waals surface area contributed by atoms with E-state index in [1.165, 1.54) is 5.69 Å². The number of nitrogens with zero attached hydrogens (tertiary/aromatic N) is 2. The van der Waals surface area contributed by atoms with Crippen molar-refractivity contribution in [1.82, 2.24) is 4.90 Å². The maximum Gasteiger partial charge on any atom is 0.0942 e. The van der Waals surface area contributed by atoms with Crippen molar-refractivity contribution in [3.05, 3.63) is 42.7 Å². The van der Waals surface area contributed by atoms with E-state index in [1.807, 2.05) is 6.07 Å². The number of hydrogen-bond acceptors (Lipinski definition) is 3. The summed E-state index contributed by atoms with van der Waals surface area (Å²) in [5, 5.41) is 0. The van der Waals surface area contributed by atoms with Crippen LogP contribution in [0.1, 0.15) is 0 Å². The van der Waals surface area contributed by atoms with Crippen LogP contribution in [-0.2, 0) is 0 Å². The monoisotopic (exact) mass is 189 g/mol. The molecule has 0 unspecified atom stereocenters. The first kappa shape index (κ1) is 9.09. The summed E-state index contributed by atoms with van der Waals surface area (Å²) >= 11 is 0. The van der Waals surface area contributed by atoms with Crippen molar-refractivity contribution in [1.29, 1.82) is 0 Å². The van der Waals surface area contributed by atoms with Crippen LogP contribution in [0.4, 0.5) is 5.69 Å². The first-order valence-electron chi connectivity index (χ1n) is 4.84. The second-order valence-corrected chi connectivity index (χ2v) is 3.35. The van der Waals surface area contributed by atoms with Crippen LogP contribution in [0.15, 0.2) is 42.7 Å². The Morgan fingerprint density at radius 1 is 1.14 bits per heavy atom. The molecular formula is C11H15N3. The second-order valence-electron chi connectivity index (χ2n) is 3.35. The Kier molecular flexibility index (Phi) is 2.70. The van der Waals surface area contributed by atoms with Gasteiger partial charge < -0.3 is 15.5 Å². The van der Waals surface area contributed by atoms with Gasteiger partial charge in [-0.15, -0.1) is 0 Å². The van der Waals surface area contributed by atoms with Crippen LogP contribution < -0.4 is 10.6 Å². The van der Waals surface area contributed by atoms with Crippen molar-refractivity contribution in [2.24, 2.45) is 5.73 Å². The Bertz CT molecular complexity index is 308. The lowest BCUT2D eigenvalue weighted by atomic mass is 10.3. The molecule has 0 fully saturated rings. The van der Waals surface area contributed by atoms with Gasteiger partial charge >= 0.3 is 0 Å². The van der Waals surface area contributed by atoms with E-state index in [4.69, 9.17) is 5.73 Å². The van der Waals surface area contributed by atoms with Gasteiger partial charge in [0, 0.05) is 31.2 Å². The van der Waals surface area contributed by atoms with Gasteiger partial charge in [0.25, 0.3) is 0 Å². The maximum atomic E-state index is 5.50. The topological polar surface area (TPSA) is 32.5 Å². The highest BCUT2D eigenvalue weighted by atomic mass is 15.3. The predicted molar refractivity (Wildman–Crippen MR) is 58.7 cm³/mol. The van der Waals surface area contributed by atoms with E-state index in [-0.39, 0.29) is 0 Å². The predicted octanol–water partition coefficient (Wildman–Crippen LogP) is 1.20. The van der Waals surface area contributed by atoms with E-state index in [2.05, 4.69) is 46.5 Å². The Hall–Kier alpha value is -1.48. The zero-order valence-electron chi connectivity index (χ0n) is 8.13. The third-order valence-electron chi connectivity index (χ3n) is 2.30. The van der Waals surface area contributed by atoms with Crippen LogP contribution in [0.25, 0.3) is 0 Å². The normalized spacial score (nSPS) is 15.2. The third kappa shape index (κ3) is 1.88. The summed E-state index contributed by atoms with van der Waals surface area (Å²) in [7, 11) is 0. The van der Waals surface area contributed by atoms with Gasteiger partial charge in [-0.25, -0.2) is 0 Å².